The van der Waals surface area contributed by atoms with Crippen molar-refractivity contribution >= 4 is 17.9 Å². The first-order valence-electron chi connectivity index (χ1n) is 4.29. The summed E-state index contributed by atoms with van der Waals surface area (Å²) in [6.45, 7) is 2.40. The van der Waals surface area contributed by atoms with E-state index in [4.69, 9.17) is 21.1 Å². The summed E-state index contributed by atoms with van der Waals surface area (Å²) in [5.74, 6) is 1.17. The zero-order chi connectivity index (χ0) is 10.1. The van der Waals surface area contributed by atoms with E-state index in [-0.39, 0.29) is 6.10 Å². The second-order valence-corrected chi connectivity index (χ2v) is 3.58. The summed E-state index contributed by atoms with van der Waals surface area (Å²) in [7, 11) is 0. The molecule has 14 heavy (non-hydrogen) atoms. The Balaban J connectivity index is 2.46. The second-order valence-electron chi connectivity index (χ2n) is 3.18. The number of hydrogen-bond acceptors (Lipinski definition) is 3. The highest BCUT2D eigenvalue weighted by molar-refractivity contribution is 6.33. The topological polar surface area (TPSA) is 35.5 Å². The Hall–Kier alpha value is -1.22. The molecular weight excluding hydrogens is 204 g/mol. The largest absolute Gasteiger partial charge is 0.486 e. The normalized spacial score (nSPS) is 19.1. The Morgan fingerprint density at radius 3 is 3.00 bits per heavy atom. The van der Waals surface area contributed by atoms with Crippen LogP contribution in [0.2, 0.25) is 5.02 Å². The maximum Gasteiger partial charge on any atom is 0.162 e. The molecule has 0 bridgehead atoms. The quantitative estimate of drug-likeness (QED) is 0.671. The molecule has 2 rings (SSSR count). The van der Waals surface area contributed by atoms with Gasteiger partial charge in [0.1, 0.15) is 12.7 Å². The van der Waals surface area contributed by atoms with Gasteiger partial charge in [-0.25, -0.2) is 0 Å². The van der Waals surface area contributed by atoms with Gasteiger partial charge in [0.05, 0.1) is 5.02 Å². The minimum absolute atomic E-state index is 0.00294. The van der Waals surface area contributed by atoms with Gasteiger partial charge in [-0.3, -0.25) is 4.79 Å². The maximum absolute atomic E-state index is 10.6. The van der Waals surface area contributed by atoms with Crippen molar-refractivity contribution in [2.24, 2.45) is 0 Å². The van der Waals surface area contributed by atoms with Crippen molar-refractivity contribution in [1.29, 1.82) is 0 Å². The molecule has 0 N–H and O–H groups in total. The summed E-state index contributed by atoms with van der Waals surface area (Å²) < 4.78 is 10.9. The summed E-state index contributed by atoms with van der Waals surface area (Å²) in [6.07, 6.45) is 0.703. The first-order valence-corrected chi connectivity index (χ1v) is 4.66. The van der Waals surface area contributed by atoms with Gasteiger partial charge >= 0.3 is 0 Å². The van der Waals surface area contributed by atoms with Crippen LogP contribution in [-0.4, -0.2) is 19.0 Å². The number of benzene rings is 1. The van der Waals surface area contributed by atoms with Gasteiger partial charge in [-0.2, -0.15) is 0 Å². The summed E-state index contributed by atoms with van der Waals surface area (Å²) in [5.41, 5.74) is 0.420. The summed E-state index contributed by atoms with van der Waals surface area (Å²) >= 11 is 5.83. The number of aldehydes is 1. The van der Waals surface area contributed by atoms with Gasteiger partial charge in [-0.1, -0.05) is 11.6 Å². The van der Waals surface area contributed by atoms with Crippen molar-refractivity contribution in [3.8, 4) is 11.5 Å². The van der Waals surface area contributed by atoms with E-state index in [2.05, 4.69) is 0 Å². The summed E-state index contributed by atoms with van der Waals surface area (Å²) in [5, 5.41) is 0.386. The lowest BCUT2D eigenvalue weighted by Gasteiger charge is -2.24. The van der Waals surface area contributed by atoms with E-state index in [0.717, 1.165) is 0 Å². The van der Waals surface area contributed by atoms with Gasteiger partial charge < -0.3 is 9.47 Å². The fourth-order valence-corrected chi connectivity index (χ4v) is 1.50. The molecule has 1 aliphatic rings. The molecule has 1 atom stereocenters. The lowest BCUT2D eigenvalue weighted by Crippen LogP contribution is -2.25. The highest BCUT2D eigenvalue weighted by Crippen LogP contribution is 2.35. The van der Waals surface area contributed by atoms with E-state index >= 15 is 0 Å². The molecule has 4 heteroatoms. The van der Waals surface area contributed by atoms with Crippen molar-refractivity contribution in [3.63, 3.8) is 0 Å². The highest BCUT2D eigenvalue weighted by atomic mass is 35.5. The van der Waals surface area contributed by atoms with Crippen molar-refractivity contribution < 1.29 is 14.3 Å². The molecule has 1 aromatic carbocycles. The van der Waals surface area contributed by atoms with Crippen molar-refractivity contribution in [2.45, 2.75) is 13.0 Å². The maximum atomic E-state index is 10.6. The zero-order valence-corrected chi connectivity index (χ0v) is 8.38. The van der Waals surface area contributed by atoms with Crippen LogP contribution in [0, 0.1) is 0 Å². The van der Waals surface area contributed by atoms with Crippen LogP contribution >= 0.6 is 11.6 Å². The van der Waals surface area contributed by atoms with Gasteiger partial charge in [0, 0.05) is 11.6 Å². The SMILES string of the molecule is CC1COc2cc(Cl)c(C=O)cc2O1. The molecule has 0 amide bonds. The first kappa shape index (κ1) is 9.34. The number of carbonyl (C=O) groups is 1. The van der Waals surface area contributed by atoms with Crippen molar-refractivity contribution in [1.82, 2.24) is 0 Å². The molecule has 0 aliphatic carbocycles. The minimum Gasteiger partial charge on any atom is -0.486 e. The monoisotopic (exact) mass is 212 g/mol. The van der Waals surface area contributed by atoms with Gasteiger partial charge in [0.2, 0.25) is 0 Å². The van der Waals surface area contributed by atoms with Crippen LogP contribution in [0.25, 0.3) is 0 Å². The van der Waals surface area contributed by atoms with E-state index in [1.165, 1.54) is 0 Å². The number of hydrogen-bond donors (Lipinski definition) is 0. The molecular formula is C10H9ClO3. The van der Waals surface area contributed by atoms with Crippen LogP contribution in [0.3, 0.4) is 0 Å². The van der Waals surface area contributed by atoms with Crippen LogP contribution in [0.5, 0.6) is 11.5 Å². The Morgan fingerprint density at radius 2 is 2.29 bits per heavy atom. The van der Waals surface area contributed by atoms with Crippen LogP contribution in [0.1, 0.15) is 17.3 Å². The van der Waals surface area contributed by atoms with E-state index in [1.54, 1.807) is 12.1 Å². The predicted octanol–water partition coefficient (Wildman–Crippen LogP) is 2.31. The third kappa shape index (κ3) is 1.55. The molecule has 3 nitrogen and oxygen atoms in total. The number of carbonyl (C=O) groups excluding carboxylic acids is 1. The van der Waals surface area contributed by atoms with Crippen LogP contribution in [-0.2, 0) is 0 Å². The number of fused-ring (bicyclic) bond motifs is 1. The van der Waals surface area contributed by atoms with Gasteiger partial charge in [0.25, 0.3) is 0 Å². The lowest BCUT2D eigenvalue weighted by molar-refractivity contribution is 0.103. The van der Waals surface area contributed by atoms with Gasteiger partial charge in [0.15, 0.2) is 17.8 Å². The number of halogens is 1. The molecule has 1 aromatic rings. The fraction of sp³-hybridized carbons (Fsp3) is 0.300. The average molecular weight is 213 g/mol. The van der Waals surface area contributed by atoms with Crippen LogP contribution in [0.15, 0.2) is 12.1 Å². The van der Waals surface area contributed by atoms with E-state index in [0.29, 0.717) is 35.0 Å². The number of rotatable bonds is 1. The Kier molecular flexibility index (Phi) is 2.33. The van der Waals surface area contributed by atoms with Crippen molar-refractivity contribution in [2.75, 3.05) is 6.61 Å². The molecule has 1 aliphatic heterocycles. The van der Waals surface area contributed by atoms with Crippen LogP contribution in [0.4, 0.5) is 0 Å². The first-order chi connectivity index (χ1) is 6.70. The molecule has 74 valence electrons. The predicted molar refractivity (Wildman–Crippen MR) is 52.4 cm³/mol. The van der Waals surface area contributed by atoms with Crippen molar-refractivity contribution in [3.05, 3.63) is 22.7 Å². The third-order valence-electron chi connectivity index (χ3n) is 1.99. The van der Waals surface area contributed by atoms with Gasteiger partial charge in [-0.15, -0.1) is 0 Å². The third-order valence-corrected chi connectivity index (χ3v) is 2.32. The molecule has 0 fully saturated rings. The number of ether oxygens (including phenoxy) is 2. The average Bonchev–Trinajstić information content (AvgIpc) is 2.17. The Labute approximate surface area is 86.6 Å². The Morgan fingerprint density at radius 1 is 1.50 bits per heavy atom. The second kappa shape index (κ2) is 3.50. The fourth-order valence-electron chi connectivity index (χ4n) is 1.30. The summed E-state index contributed by atoms with van der Waals surface area (Å²) in [6, 6.07) is 3.20. The molecule has 0 radical (unpaired) electrons. The zero-order valence-electron chi connectivity index (χ0n) is 7.62. The van der Waals surface area contributed by atoms with Crippen LogP contribution < -0.4 is 9.47 Å². The highest BCUT2D eigenvalue weighted by Gasteiger charge is 2.19. The standard InChI is InChI=1S/C10H9ClO3/c1-6-5-13-9-3-8(11)7(4-12)2-10(9)14-6/h2-4,6H,5H2,1H3. The lowest BCUT2D eigenvalue weighted by atomic mass is 10.2. The molecule has 0 spiro atoms. The molecule has 1 heterocycles. The van der Waals surface area contributed by atoms with E-state index in [1.807, 2.05) is 6.92 Å². The van der Waals surface area contributed by atoms with E-state index in [9.17, 15) is 4.79 Å². The molecule has 0 saturated carbocycles. The Bertz CT molecular complexity index is 376. The van der Waals surface area contributed by atoms with E-state index < -0.39 is 0 Å². The van der Waals surface area contributed by atoms with Gasteiger partial charge in [-0.05, 0) is 13.0 Å². The molecule has 0 saturated heterocycles. The summed E-state index contributed by atoms with van der Waals surface area (Å²) in [4.78, 5) is 10.6. The minimum atomic E-state index is 0.00294. The molecule has 0 aromatic heterocycles. The smallest absolute Gasteiger partial charge is 0.162 e. The molecule has 1 unspecified atom stereocenters.